The fourth-order valence-corrected chi connectivity index (χ4v) is 2.06. The van der Waals surface area contributed by atoms with Gasteiger partial charge in [0.15, 0.2) is 0 Å². The van der Waals surface area contributed by atoms with Gasteiger partial charge in [-0.25, -0.2) is 0 Å². The molecule has 0 spiro atoms. The number of nitrogens with zero attached hydrogens (tertiary/aromatic N) is 3. The van der Waals surface area contributed by atoms with Crippen LogP contribution in [0.25, 0.3) is 0 Å². The van der Waals surface area contributed by atoms with Gasteiger partial charge in [0.1, 0.15) is 4.99 Å². The van der Waals surface area contributed by atoms with Crippen molar-refractivity contribution < 1.29 is 0 Å². The van der Waals surface area contributed by atoms with E-state index in [0.717, 1.165) is 23.5 Å². The van der Waals surface area contributed by atoms with Gasteiger partial charge in [-0.2, -0.15) is 5.10 Å². The van der Waals surface area contributed by atoms with Crippen molar-refractivity contribution in [2.45, 2.75) is 6.54 Å². The Bertz CT molecular complexity index is 562. The van der Waals surface area contributed by atoms with Crippen LogP contribution in [0, 0.1) is 0 Å². The van der Waals surface area contributed by atoms with Crippen molar-refractivity contribution in [1.29, 1.82) is 0 Å². The zero-order valence-electron chi connectivity index (χ0n) is 10.5. The van der Waals surface area contributed by atoms with Gasteiger partial charge in [0.25, 0.3) is 0 Å². The molecular weight excluding hydrogens is 244 g/mol. The maximum atomic E-state index is 5.73. The molecule has 5 heteroatoms. The molecule has 2 N–H and O–H groups in total. The molecular formula is C13H16N4S. The van der Waals surface area contributed by atoms with Crippen LogP contribution in [0.1, 0.15) is 11.3 Å². The Balaban J connectivity index is 2.23. The first-order chi connectivity index (χ1) is 8.58. The number of hydrogen-bond acceptors (Lipinski definition) is 3. The number of thiocarbonyl (C=S) groups is 1. The molecule has 0 aliphatic heterocycles. The molecule has 1 heterocycles. The Hall–Kier alpha value is -1.88. The summed E-state index contributed by atoms with van der Waals surface area (Å²) in [6, 6.07) is 9.86. The van der Waals surface area contributed by atoms with Crippen LogP contribution in [0.3, 0.4) is 0 Å². The van der Waals surface area contributed by atoms with Gasteiger partial charge in [-0.15, -0.1) is 0 Å². The topological polar surface area (TPSA) is 47.1 Å². The fraction of sp³-hybridized carbons (Fsp3) is 0.231. The van der Waals surface area contributed by atoms with E-state index in [0.29, 0.717) is 4.99 Å². The molecule has 94 valence electrons. The second-order valence-electron chi connectivity index (χ2n) is 4.22. The number of rotatable bonds is 4. The second-order valence-corrected chi connectivity index (χ2v) is 4.66. The van der Waals surface area contributed by atoms with E-state index < -0.39 is 0 Å². The number of aryl methyl sites for hydroxylation is 1. The van der Waals surface area contributed by atoms with Crippen LogP contribution in [0.4, 0.5) is 5.69 Å². The maximum Gasteiger partial charge on any atom is 0.106 e. The Morgan fingerprint density at radius 3 is 2.72 bits per heavy atom. The highest BCUT2D eigenvalue weighted by molar-refractivity contribution is 7.80. The second kappa shape index (κ2) is 5.18. The quantitative estimate of drug-likeness (QED) is 0.850. The molecule has 0 unspecified atom stereocenters. The summed E-state index contributed by atoms with van der Waals surface area (Å²) >= 11 is 5.07. The van der Waals surface area contributed by atoms with Crippen molar-refractivity contribution in [2.24, 2.45) is 12.8 Å². The average molecular weight is 260 g/mol. The summed E-state index contributed by atoms with van der Waals surface area (Å²) in [4.78, 5) is 2.51. The van der Waals surface area contributed by atoms with Gasteiger partial charge in [-0.05, 0) is 18.2 Å². The van der Waals surface area contributed by atoms with E-state index in [4.69, 9.17) is 18.0 Å². The third-order valence-electron chi connectivity index (χ3n) is 2.75. The zero-order chi connectivity index (χ0) is 13.1. The Kier molecular flexibility index (Phi) is 3.62. The average Bonchev–Trinajstić information content (AvgIpc) is 2.74. The number of anilines is 1. The molecule has 2 aromatic rings. The maximum absolute atomic E-state index is 5.73. The van der Waals surface area contributed by atoms with Crippen LogP contribution in [0.2, 0.25) is 0 Å². The third-order valence-corrected chi connectivity index (χ3v) is 2.97. The highest BCUT2D eigenvalue weighted by Crippen LogP contribution is 2.20. The first-order valence-corrected chi connectivity index (χ1v) is 6.07. The summed E-state index contributed by atoms with van der Waals surface area (Å²) in [6.45, 7) is 0.723. The molecule has 4 nitrogen and oxygen atoms in total. The molecule has 1 aromatic carbocycles. The molecule has 0 bridgehead atoms. The summed E-state index contributed by atoms with van der Waals surface area (Å²) < 4.78 is 1.79. The standard InChI is InChI=1S/C13H16N4S/c1-16(9-10-7-8-17(2)15-10)12-6-4-3-5-11(12)13(14)18/h3-8H,9H2,1-2H3,(H2,14,18). The zero-order valence-corrected chi connectivity index (χ0v) is 11.3. The summed E-state index contributed by atoms with van der Waals surface area (Å²) in [7, 11) is 3.91. The number of para-hydroxylation sites is 1. The number of benzene rings is 1. The van der Waals surface area contributed by atoms with E-state index in [2.05, 4.69) is 10.00 Å². The highest BCUT2D eigenvalue weighted by atomic mass is 32.1. The van der Waals surface area contributed by atoms with Gasteiger partial charge < -0.3 is 10.6 Å². The van der Waals surface area contributed by atoms with Crippen LogP contribution in [-0.2, 0) is 13.6 Å². The van der Waals surface area contributed by atoms with Gasteiger partial charge in [0.05, 0.1) is 12.2 Å². The van der Waals surface area contributed by atoms with Crippen LogP contribution < -0.4 is 10.6 Å². The lowest BCUT2D eigenvalue weighted by Gasteiger charge is -2.21. The molecule has 0 radical (unpaired) electrons. The van der Waals surface area contributed by atoms with Crippen molar-refractivity contribution in [3.63, 3.8) is 0 Å². The Labute approximate surface area is 112 Å². The summed E-state index contributed by atoms with van der Waals surface area (Å²) in [6.07, 6.45) is 1.93. The molecule has 0 saturated carbocycles. The molecule has 1 aromatic heterocycles. The lowest BCUT2D eigenvalue weighted by atomic mass is 10.1. The molecule has 0 aliphatic carbocycles. The van der Waals surface area contributed by atoms with E-state index in [1.807, 2.05) is 50.6 Å². The first kappa shape index (κ1) is 12.6. The van der Waals surface area contributed by atoms with Gasteiger partial charge in [0.2, 0.25) is 0 Å². The van der Waals surface area contributed by atoms with E-state index in [1.165, 1.54) is 0 Å². The minimum absolute atomic E-state index is 0.415. The van der Waals surface area contributed by atoms with Gasteiger partial charge in [0, 0.05) is 31.5 Å². The van der Waals surface area contributed by atoms with Gasteiger partial charge >= 0.3 is 0 Å². The van der Waals surface area contributed by atoms with Crippen molar-refractivity contribution in [2.75, 3.05) is 11.9 Å². The van der Waals surface area contributed by atoms with Crippen LogP contribution in [-0.4, -0.2) is 21.8 Å². The molecule has 0 saturated heterocycles. The summed E-state index contributed by atoms with van der Waals surface area (Å²) in [5, 5.41) is 4.36. The molecule has 0 atom stereocenters. The Morgan fingerprint density at radius 2 is 2.11 bits per heavy atom. The molecule has 2 rings (SSSR count). The van der Waals surface area contributed by atoms with Crippen molar-refractivity contribution in [3.8, 4) is 0 Å². The lowest BCUT2D eigenvalue weighted by molar-refractivity contribution is 0.734. The van der Waals surface area contributed by atoms with E-state index in [-0.39, 0.29) is 0 Å². The van der Waals surface area contributed by atoms with Crippen molar-refractivity contribution in [1.82, 2.24) is 9.78 Å². The van der Waals surface area contributed by atoms with Crippen LogP contribution in [0.5, 0.6) is 0 Å². The third kappa shape index (κ3) is 2.68. The molecule has 0 aliphatic rings. The van der Waals surface area contributed by atoms with E-state index >= 15 is 0 Å². The van der Waals surface area contributed by atoms with E-state index in [1.54, 1.807) is 4.68 Å². The van der Waals surface area contributed by atoms with Gasteiger partial charge in [-0.1, -0.05) is 24.4 Å². The van der Waals surface area contributed by atoms with Crippen molar-refractivity contribution >= 4 is 22.9 Å². The SMILES string of the molecule is CN(Cc1ccn(C)n1)c1ccccc1C(N)=S. The van der Waals surface area contributed by atoms with Crippen LogP contribution >= 0.6 is 12.2 Å². The summed E-state index contributed by atoms with van der Waals surface area (Å²) in [5.41, 5.74) is 8.66. The van der Waals surface area contributed by atoms with E-state index in [9.17, 15) is 0 Å². The molecule has 18 heavy (non-hydrogen) atoms. The van der Waals surface area contributed by atoms with Gasteiger partial charge in [-0.3, -0.25) is 4.68 Å². The first-order valence-electron chi connectivity index (χ1n) is 5.66. The number of nitrogens with two attached hydrogens (primary N) is 1. The van der Waals surface area contributed by atoms with Crippen LogP contribution in [0.15, 0.2) is 36.5 Å². The highest BCUT2D eigenvalue weighted by Gasteiger charge is 2.10. The predicted octanol–water partition coefficient (Wildman–Crippen LogP) is 1.69. The number of aromatic nitrogens is 2. The fourth-order valence-electron chi connectivity index (χ4n) is 1.89. The van der Waals surface area contributed by atoms with Crippen molar-refractivity contribution in [3.05, 3.63) is 47.8 Å². The predicted molar refractivity (Wildman–Crippen MR) is 77.6 cm³/mol. The molecule has 0 fully saturated rings. The lowest BCUT2D eigenvalue weighted by Crippen LogP contribution is -2.21. The molecule has 0 amide bonds. The minimum atomic E-state index is 0.415. The minimum Gasteiger partial charge on any atom is -0.389 e. The largest absolute Gasteiger partial charge is 0.389 e. The normalized spacial score (nSPS) is 10.3. The smallest absolute Gasteiger partial charge is 0.106 e. The monoisotopic (exact) mass is 260 g/mol. The number of hydrogen-bond donors (Lipinski definition) is 1. The summed E-state index contributed by atoms with van der Waals surface area (Å²) in [5.74, 6) is 0. The Morgan fingerprint density at radius 1 is 1.39 bits per heavy atom.